The lowest BCUT2D eigenvalue weighted by molar-refractivity contribution is -0.162. The molecule has 7 atom stereocenters. The molecule has 1 aliphatic heterocycles. The molecule has 3 saturated carbocycles. The SMILES string of the molecule is C[C@]12CC[C@H](O)CC1CC[C@@H]1[C@@H]2CC[C@@]2(C)[C@H]1CCC(=O)N2C(=O)c1cccc(C(F)(F)F)c1. The van der Waals surface area contributed by atoms with Gasteiger partial charge in [0.15, 0.2) is 0 Å². The summed E-state index contributed by atoms with van der Waals surface area (Å²) in [6.45, 7) is 4.36. The summed E-state index contributed by atoms with van der Waals surface area (Å²) in [6, 6.07) is 4.43. The highest BCUT2D eigenvalue weighted by Crippen LogP contribution is 2.63. The normalized spacial score (nSPS) is 40.2. The Morgan fingerprint density at radius 2 is 1.82 bits per heavy atom. The topological polar surface area (TPSA) is 57.6 Å². The van der Waals surface area contributed by atoms with Gasteiger partial charge in [-0.1, -0.05) is 13.0 Å². The minimum absolute atomic E-state index is 0.0795. The van der Waals surface area contributed by atoms with Crippen LogP contribution in [0.25, 0.3) is 0 Å². The zero-order valence-electron chi connectivity index (χ0n) is 19.9. The van der Waals surface area contributed by atoms with E-state index in [4.69, 9.17) is 0 Å². The first kappa shape index (κ1) is 23.8. The van der Waals surface area contributed by atoms with Gasteiger partial charge in [0.1, 0.15) is 0 Å². The molecule has 4 nitrogen and oxygen atoms in total. The van der Waals surface area contributed by atoms with Gasteiger partial charge < -0.3 is 5.11 Å². The molecule has 34 heavy (non-hydrogen) atoms. The smallest absolute Gasteiger partial charge is 0.393 e. The summed E-state index contributed by atoms with van der Waals surface area (Å²) in [4.78, 5) is 28.0. The van der Waals surface area contributed by atoms with E-state index >= 15 is 0 Å². The highest BCUT2D eigenvalue weighted by Gasteiger charge is 2.60. The Balaban J connectivity index is 1.46. The van der Waals surface area contributed by atoms with Gasteiger partial charge in [0.25, 0.3) is 5.91 Å². The van der Waals surface area contributed by atoms with Crippen molar-refractivity contribution in [2.45, 2.75) is 89.5 Å². The van der Waals surface area contributed by atoms with Gasteiger partial charge >= 0.3 is 6.18 Å². The number of hydrogen-bond donors (Lipinski definition) is 1. The fourth-order valence-electron chi connectivity index (χ4n) is 8.32. The highest BCUT2D eigenvalue weighted by atomic mass is 19.4. The van der Waals surface area contributed by atoms with E-state index in [-0.39, 0.29) is 35.3 Å². The van der Waals surface area contributed by atoms with Crippen molar-refractivity contribution < 1.29 is 27.9 Å². The van der Waals surface area contributed by atoms with E-state index in [0.717, 1.165) is 57.1 Å². The van der Waals surface area contributed by atoms with Crippen molar-refractivity contribution in [3.63, 3.8) is 0 Å². The van der Waals surface area contributed by atoms with Crippen LogP contribution in [0.3, 0.4) is 0 Å². The molecular formula is C27H34F3NO3. The summed E-state index contributed by atoms with van der Waals surface area (Å²) in [7, 11) is 0. The molecule has 1 aromatic carbocycles. The van der Waals surface area contributed by atoms with Crippen molar-refractivity contribution >= 4 is 11.8 Å². The maximum Gasteiger partial charge on any atom is 0.416 e. The Bertz CT molecular complexity index is 994. The average Bonchev–Trinajstić information content (AvgIpc) is 2.78. The minimum Gasteiger partial charge on any atom is -0.393 e. The molecule has 0 aromatic heterocycles. The third-order valence-corrected chi connectivity index (χ3v) is 10.1. The molecule has 5 rings (SSSR count). The molecular weight excluding hydrogens is 443 g/mol. The lowest BCUT2D eigenvalue weighted by atomic mass is 9.45. The van der Waals surface area contributed by atoms with Gasteiger partial charge in [-0.15, -0.1) is 0 Å². The average molecular weight is 478 g/mol. The van der Waals surface area contributed by atoms with Crippen LogP contribution in [0.1, 0.15) is 87.6 Å². The van der Waals surface area contributed by atoms with Crippen LogP contribution in [0.4, 0.5) is 13.2 Å². The number of carbonyl (C=O) groups is 2. The number of rotatable bonds is 1. The Labute approximate surface area is 198 Å². The van der Waals surface area contributed by atoms with Gasteiger partial charge in [0.2, 0.25) is 5.91 Å². The molecule has 1 heterocycles. The summed E-state index contributed by atoms with van der Waals surface area (Å²) in [5, 5.41) is 10.2. The fourth-order valence-corrected chi connectivity index (χ4v) is 8.32. The summed E-state index contributed by atoms with van der Waals surface area (Å²) in [5.74, 6) is 0.664. The Morgan fingerprint density at radius 3 is 2.56 bits per heavy atom. The maximum atomic E-state index is 13.5. The molecule has 0 radical (unpaired) electrons. The molecule has 0 spiro atoms. The van der Waals surface area contributed by atoms with Crippen LogP contribution in [0.5, 0.6) is 0 Å². The van der Waals surface area contributed by atoms with Crippen molar-refractivity contribution in [3.05, 3.63) is 35.4 Å². The Hall–Kier alpha value is -1.89. The van der Waals surface area contributed by atoms with Crippen LogP contribution in [0.15, 0.2) is 24.3 Å². The number of nitrogens with zero attached hydrogens (tertiary/aromatic N) is 1. The zero-order valence-corrected chi connectivity index (χ0v) is 19.9. The number of likely N-dealkylation sites (tertiary alicyclic amines) is 1. The largest absolute Gasteiger partial charge is 0.416 e. The van der Waals surface area contributed by atoms with Crippen LogP contribution in [0.2, 0.25) is 0 Å². The number of hydrogen-bond acceptors (Lipinski definition) is 3. The predicted molar refractivity (Wildman–Crippen MR) is 121 cm³/mol. The molecule has 0 bridgehead atoms. The van der Waals surface area contributed by atoms with Gasteiger partial charge in [-0.25, -0.2) is 0 Å². The second-order valence-electron chi connectivity index (χ2n) is 11.6. The molecule has 4 aliphatic rings. The zero-order chi connectivity index (χ0) is 24.5. The molecule has 1 N–H and O–H groups in total. The van der Waals surface area contributed by atoms with Gasteiger partial charge in [-0.2, -0.15) is 13.2 Å². The summed E-state index contributed by atoms with van der Waals surface area (Å²) in [6.07, 6.45) is 2.59. The van der Waals surface area contributed by atoms with Crippen LogP contribution >= 0.6 is 0 Å². The third-order valence-electron chi connectivity index (χ3n) is 10.1. The maximum absolute atomic E-state index is 13.5. The number of aliphatic hydroxyl groups excluding tert-OH is 1. The third kappa shape index (κ3) is 3.61. The van der Waals surface area contributed by atoms with Crippen molar-refractivity contribution in [2.75, 3.05) is 0 Å². The lowest BCUT2D eigenvalue weighted by Crippen LogP contribution is -2.66. The molecule has 1 unspecified atom stereocenters. The summed E-state index contributed by atoms with van der Waals surface area (Å²) < 4.78 is 39.8. The van der Waals surface area contributed by atoms with Gasteiger partial charge in [0, 0.05) is 12.0 Å². The number of fused-ring (bicyclic) bond motifs is 5. The minimum atomic E-state index is -4.55. The Morgan fingerprint density at radius 1 is 1.06 bits per heavy atom. The molecule has 3 aliphatic carbocycles. The summed E-state index contributed by atoms with van der Waals surface area (Å²) in [5.41, 5.74) is -1.47. The predicted octanol–water partition coefficient (Wildman–Crippen LogP) is 5.83. The molecule has 1 aromatic rings. The molecule has 1 saturated heterocycles. The number of carbonyl (C=O) groups excluding carboxylic acids is 2. The number of alkyl halides is 3. The van der Waals surface area contributed by atoms with E-state index in [1.54, 1.807) is 0 Å². The van der Waals surface area contributed by atoms with E-state index in [1.807, 2.05) is 6.92 Å². The summed E-state index contributed by atoms with van der Waals surface area (Å²) >= 11 is 0. The van der Waals surface area contributed by atoms with Gasteiger partial charge in [0.05, 0.1) is 17.2 Å². The van der Waals surface area contributed by atoms with Gasteiger partial charge in [-0.3, -0.25) is 14.5 Å². The molecule has 2 amide bonds. The van der Waals surface area contributed by atoms with Crippen LogP contribution in [-0.2, 0) is 11.0 Å². The van der Waals surface area contributed by atoms with Crippen molar-refractivity contribution in [1.82, 2.24) is 4.90 Å². The first-order valence-corrected chi connectivity index (χ1v) is 12.7. The van der Waals surface area contributed by atoms with E-state index < -0.39 is 23.2 Å². The van der Waals surface area contributed by atoms with Gasteiger partial charge in [-0.05, 0) is 106 Å². The first-order valence-electron chi connectivity index (χ1n) is 12.7. The quantitative estimate of drug-likeness (QED) is 0.518. The van der Waals surface area contributed by atoms with Crippen molar-refractivity contribution in [2.24, 2.45) is 29.1 Å². The second-order valence-corrected chi connectivity index (χ2v) is 11.6. The van der Waals surface area contributed by atoms with E-state index in [9.17, 15) is 27.9 Å². The number of aliphatic hydroxyl groups is 1. The first-order chi connectivity index (χ1) is 15.9. The number of halogens is 3. The van der Waals surface area contributed by atoms with Crippen molar-refractivity contribution in [3.8, 4) is 0 Å². The van der Waals surface area contributed by atoms with Crippen LogP contribution in [-0.4, -0.2) is 33.5 Å². The van der Waals surface area contributed by atoms with E-state index in [0.29, 0.717) is 24.2 Å². The second kappa shape index (κ2) is 8.07. The lowest BCUT2D eigenvalue weighted by Gasteiger charge is -2.63. The van der Waals surface area contributed by atoms with Crippen LogP contribution < -0.4 is 0 Å². The van der Waals surface area contributed by atoms with E-state index in [1.165, 1.54) is 17.0 Å². The number of benzene rings is 1. The van der Waals surface area contributed by atoms with Crippen molar-refractivity contribution in [1.29, 1.82) is 0 Å². The monoisotopic (exact) mass is 477 g/mol. The Kier molecular flexibility index (Phi) is 5.66. The van der Waals surface area contributed by atoms with E-state index in [2.05, 4.69) is 6.92 Å². The fraction of sp³-hybridized carbons (Fsp3) is 0.704. The number of amides is 2. The molecule has 7 heteroatoms. The number of piperidine rings is 1. The van der Waals surface area contributed by atoms with Crippen LogP contribution in [0, 0.1) is 29.1 Å². The molecule has 4 fully saturated rings. The number of imide groups is 1. The standard InChI is InChI=1S/C27H34F3NO3/c1-25-12-10-19(32)15-17(25)6-7-20-21(25)11-13-26(2)22(20)8-9-23(33)31(26)24(34)16-4-3-5-18(14-16)27(28,29)30/h3-5,14,17,19-22,32H,6-13,15H2,1-2H3/t17?,19-,20+,21-,22-,25-,26-/m0/s1. The molecule has 186 valence electrons. The highest BCUT2D eigenvalue weighted by molar-refractivity contribution is 6.06.